The molecule has 2 N–H and O–H groups in total. The molecular weight excluding hydrogens is 176 g/mol. The van der Waals surface area contributed by atoms with E-state index in [2.05, 4.69) is 10.2 Å². The van der Waals surface area contributed by atoms with Crippen molar-refractivity contribution in [1.29, 1.82) is 0 Å². The summed E-state index contributed by atoms with van der Waals surface area (Å²) in [5.41, 5.74) is 0. The van der Waals surface area contributed by atoms with Crippen molar-refractivity contribution in [1.82, 2.24) is 10.2 Å². The fraction of sp³-hybridized carbons (Fsp3) is 1.00. The molecule has 0 aromatic carbocycles. The minimum atomic E-state index is 0.343. The van der Waals surface area contributed by atoms with Crippen molar-refractivity contribution < 1.29 is 5.11 Å². The average molecular weight is 200 g/mol. The topological polar surface area (TPSA) is 35.5 Å². The number of aliphatic hydroxyl groups excluding tert-OH is 1. The van der Waals surface area contributed by atoms with Crippen LogP contribution in [0.1, 0.15) is 25.7 Å². The Labute approximate surface area is 87.5 Å². The van der Waals surface area contributed by atoms with E-state index < -0.39 is 0 Å². The van der Waals surface area contributed by atoms with Crippen molar-refractivity contribution in [3.63, 3.8) is 0 Å². The van der Waals surface area contributed by atoms with E-state index in [4.69, 9.17) is 5.11 Å². The molecule has 0 aliphatic carbocycles. The average Bonchev–Trinajstić information content (AvgIpc) is 2.21. The van der Waals surface area contributed by atoms with E-state index in [0.717, 1.165) is 18.8 Å². The molecule has 1 aliphatic rings. The molecule has 0 amide bonds. The largest absolute Gasteiger partial charge is 0.396 e. The number of rotatable bonds is 6. The van der Waals surface area contributed by atoms with E-state index in [0.29, 0.717) is 6.61 Å². The molecular formula is C11H24N2O. The maximum absolute atomic E-state index is 8.68. The summed E-state index contributed by atoms with van der Waals surface area (Å²) >= 11 is 0. The van der Waals surface area contributed by atoms with Crippen molar-refractivity contribution in [2.24, 2.45) is 5.92 Å². The van der Waals surface area contributed by atoms with Gasteiger partial charge in [0.05, 0.1) is 0 Å². The number of unbranched alkanes of at least 4 members (excludes halogenated alkanes) is 1. The van der Waals surface area contributed by atoms with Crippen LogP contribution in [-0.4, -0.2) is 49.8 Å². The number of hydrogen-bond acceptors (Lipinski definition) is 3. The van der Waals surface area contributed by atoms with Crippen LogP contribution in [0, 0.1) is 5.92 Å². The zero-order valence-electron chi connectivity index (χ0n) is 9.34. The summed E-state index contributed by atoms with van der Waals surface area (Å²) in [5, 5.41) is 11.9. The molecule has 0 radical (unpaired) electrons. The maximum atomic E-state index is 8.68. The van der Waals surface area contributed by atoms with Gasteiger partial charge >= 0.3 is 0 Å². The quantitative estimate of drug-likeness (QED) is 0.619. The smallest absolute Gasteiger partial charge is 0.0431 e. The van der Waals surface area contributed by atoms with Crippen molar-refractivity contribution in [3.8, 4) is 0 Å². The Morgan fingerprint density at radius 1 is 1.29 bits per heavy atom. The second-order valence-corrected chi connectivity index (χ2v) is 4.27. The normalized spacial score (nSPS) is 20.1. The molecule has 1 saturated heterocycles. The Hall–Kier alpha value is -0.120. The van der Waals surface area contributed by atoms with E-state index in [1.54, 1.807) is 0 Å². The molecule has 0 aromatic heterocycles. The monoisotopic (exact) mass is 200 g/mol. The minimum absolute atomic E-state index is 0.343. The lowest BCUT2D eigenvalue weighted by molar-refractivity contribution is 0.175. The van der Waals surface area contributed by atoms with Gasteiger partial charge in [0.15, 0.2) is 0 Å². The Morgan fingerprint density at radius 2 is 2.00 bits per heavy atom. The Morgan fingerprint density at radius 3 is 2.57 bits per heavy atom. The first-order chi connectivity index (χ1) is 6.86. The van der Waals surface area contributed by atoms with Crippen molar-refractivity contribution >= 4 is 0 Å². The fourth-order valence-electron chi connectivity index (χ4n) is 2.15. The third-order valence-corrected chi connectivity index (χ3v) is 3.08. The van der Waals surface area contributed by atoms with Crippen molar-refractivity contribution in [2.45, 2.75) is 25.7 Å². The van der Waals surface area contributed by atoms with Gasteiger partial charge in [-0.1, -0.05) is 0 Å². The van der Waals surface area contributed by atoms with Crippen molar-refractivity contribution in [3.05, 3.63) is 0 Å². The summed E-state index contributed by atoms with van der Waals surface area (Å²) in [7, 11) is 2.04. The van der Waals surface area contributed by atoms with Crippen LogP contribution >= 0.6 is 0 Å². The highest BCUT2D eigenvalue weighted by atomic mass is 16.2. The molecule has 1 aliphatic heterocycles. The molecule has 0 aromatic rings. The lowest BCUT2D eigenvalue weighted by Gasteiger charge is -2.31. The summed E-state index contributed by atoms with van der Waals surface area (Å²) in [6.07, 6.45) is 4.77. The van der Waals surface area contributed by atoms with Crippen LogP contribution in [0.25, 0.3) is 0 Å². The summed E-state index contributed by atoms with van der Waals surface area (Å²) < 4.78 is 0. The predicted octanol–water partition coefficient (Wildman–Crippen LogP) is 0.690. The van der Waals surface area contributed by atoms with Crippen LogP contribution < -0.4 is 5.32 Å². The van der Waals surface area contributed by atoms with Gasteiger partial charge in [-0.05, 0) is 64.8 Å². The summed E-state index contributed by atoms with van der Waals surface area (Å²) in [6, 6.07) is 0. The second kappa shape index (κ2) is 7.21. The van der Waals surface area contributed by atoms with Crippen LogP contribution in [-0.2, 0) is 0 Å². The molecule has 1 fully saturated rings. The summed E-state index contributed by atoms with van der Waals surface area (Å²) in [4.78, 5) is 2.53. The molecule has 0 spiro atoms. The van der Waals surface area contributed by atoms with Gasteiger partial charge in [0, 0.05) is 6.61 Å². The molecule has 0 saturated carbocycles. The Kier molecular flexibility index (Phi) is 6.15. The molecule has 14 heavy (non-hydrogen) atoms. The second-order valence-electron chi connectivity index (χ2n) is 4.27. The number of nitrogens with zero attached hydrogens (tertiary/aromatic N) is 1. The van der Waals surface area contributed by atoms with Crippen LogP contribution in [0.5, 0.6) is 0 Å². The minimum Gasteiger partial charge on any atom is -0.396 e. The summed E-state index contributed by atoms with van der Waals surface area (Å²) in [5.74, 6) is 0.883. The van der Waals surface area contributed by atoms with Gasteiger partial charge in [-0.3, -0.25) is 0 Å². The molecule has 0 bridgehead atoms. The third-order valence-electron chi connectivity index (χ3n) is 3.08. The number of piperidine rings is 1. The number of likely N-dealkylation sites (tertiary alicyclic amines) is 1. The molecule has 3 nitrogen and oxygen atoms in total. The third kappa shape index (κ3) is 4.40. The maximum Gasteiger partial charge on any atom is 0.0431 e. The zero-order chi connectivity index (χ0) is 10.2. The van der Waals surface area contributed by atoms with E-state index >= 15 is 0 Å². The van der Waals surface area contributed by atoms with Gasteiger partial charge in [0.1, 0.15) is 0 Å². The van der Waals surface area contributed by atoms with Crippen LogP contribution in [0.4, 0.5) is 0 Å². The van der Waals surface area contributed by atoms with Gasteiger partial charge in [0.2, 0.25) is 0 Å². The van der Waals surface area contributed by atoms with E-state index in [1.807, 2.05) is 7.05 Å². The van der Waals surface area contributed by atoms with Crippen LogP contribution in [0.15, 0.2) is 0 Å². The number of aliphatic hydroxyl groups is 1. The van der Waals surface area contributed by atoms with E-state index in [-0.39, 0.29) is 0 Å². The van der Waals surface area contributed by atoms with Gasteiger partial charge in [0.25, 0.3) is 0 Å². The fourth-order valence-corrected chi connectivity index (χ4v) is 2.15. The first-order valence-corrected chi connectivity index (χ1v) is 5.84. The lowest BCUT2D eigenvalue weighted by Crippen LogP contribution is -2.37. The van der Waals surface area contributed by atoms with Crippen LogP contribution in [0.2, 0.25) is 0 Å². The highest BCUT2D eigenvalue weighted by molar-refractivity contribution is 4.73. The number of nitrogens with one attached hydrogen (secondary N) is 1. The molecule has 3 heteroatoms. The van der Waals surface area contributed by atoms with Gasteiger partial charge in [-0.2, -0.15) is 0 Å². The molecule has 0 atom stereocenters. The Bertz CT molecular complexity index is 133. The van der Waals surface area contributed by atoms with Gasteiger partial charge in [-0.25, -0.2) is 0 Å². The SMILES string of the molecule is CNCC1CCN(CCCCO)CC1. The molecule has 84 valence electrons. The number of hydrogen-bond donors (Lipinski definition) is 2. The van der Waals surface area contributed by atoms with E-state index in [1.165, 1.54) is 39.0 Å². The van der Waals surface area contributed by atoms with Crippen molar-refractivity contribution in [2.75, 3.05) is 39.8 Å². The molecule has 0 unspecified atom stereocenters. The Balaban J connectivity index is 2.03. The standard InChI is InChI=1S/C11H24N2O/c1-12-10-11-4-7-13(8-5-11)6-2-3-9-14/h11-12,14H,2-10H2,1H3. The van der Waals surface area contributed by atoms with Crippen LogP contribution in [0.3, 0.4) is 0 Å². The molecule has 1 rings (SSSR count). The summed E-state index contributed by atoms with van der Waals surface area (Å²) in [6.45, 7) is 5.18. The highest BCUT2D eigenvalue weighted by Gasteiger charge is 2.17. The highest BCUT2D eigenvalue weighted by Crippen LogP contribution is 2.16. The first-order valence-electron chi connectivity index (χ1n) is 5.84. The predicted molar refractivity (Wildman–Crippen MR) is 59.4 cm³/mol. The molecule has 1 heterocycles. The van der Waals surface area contributed by atoms with E-state index in [9.17, 15) is 0 Å². The van der Waals surface area contributed by atoms with Gasteiger partial charge < -0.3 is 15.3 Å². The van der Waals surface area contributed by atoms with Gasteiger partial charge in [-0.15, -0.1) is 0 Å². The zero-order valence-corrected chi connectivity index (χ0v) is 9.34. The lowest BCUT2D eigenvalue weighted by atomic mass is 9.97. The first kappa shape index (κ1) is 12.0.